The number of nitrogens with one attached hydrogen (secondary N) is 2. The van der Waals surface area contributed by atoms with Gasteiger partial charge in [0, 0.05) is 38.6 Å². The number of hydrogen-bond acceptors (Lipinski definition) is 5. The maximum atomic E-state index is 5.14. The van der Waals surface area contributed by atoms with Crippen molar-refractivity contribution in [3.63, 3.8) is 0 Å². The lowest BCUT2D eigenvalue weighted by atomic mass is 9.95. The Bertz CT molecular complexity index is 566. The Morgan fingerprint density at radius 1 is 1.37 bits per heavy atom. The van der Waals surface area contributed by atoms with E-state index in [1.54, 1.807) is 7.11 Å². The van der Waals surface area contributed by atoms with E-state index in [0.29, 0.717) is 12.6 Å². The molecule has 1 aliphatic carbocycles. The van der Waals surface area contributed by atoms with Crippen LogP contribution in [0.1, 0.15) is 50.7 Å². The average molecular weight is 510 g/mol. The molecule has 1 heterocycles. The molecule has 1 aliphatic rings. The molecular weight excluding hydrogens is 475 g/mol. The number of methoxy groups -OCH3 is 1. The molecule has 2 unspecified atom stereocenters. The van der Waals surface area contributed by atoms with Crippen molar-refractivity contribution in [3.05, 3.63) is 11.6 Å². The largest absolute Gasteiger partial charge is 0.385 e. The van der Waals surface area contributed by atoms with E-state index in [-0.39, 0.29) is 24.0 Å². The molecule has 0 radical (unpaired) electrons. The SMILES string of the molecule is CCSC1CCCC(NC(=NCc2nnc(C)n2C)NCCCOC)C1.I. The van der Waals surface area contributed by atoms with Gasteiger partial charge in [-0.1, -0.05) is 13.3 Å². The highest BCUT2D eigenvalue weighted by Crippen LogP contribution is 2.28. The van der Waals surface area contributed by atoms with Crippen LogP contribution in [0.25, 0.3) is 0 Å². The fourth-order valence-electron chi connectivity index (χ4n) is 3.17. The molecule has 2 rings (SSSR count). The summed E-state index contributed by atoms with van der Waals surface area (Å²) in [5.41, 5.74) is 0. The van der Waals surface area contributed by atoms with Crippen LogP contribution in [-0.2, 0) is 18.3 Å². The molecule has 27 heavy (non-hydrogen) atoms. The maximum Gasteiger partial charge on any atom is 0.191 e. The van der Waals surface area contributed by atoms with E-state index in [0.717, 1.165) is 42.4 Å². The topological polar surface area (TPSA) is 76.4 Å². The highest BCUT2D eigenvalue weighted by atomic mass is 127. The van der Waals surface area contributed by atoms with Gasteiger partial charge in [0.1, 0.15) is 12.4 Å². The number of hydrogen-bond donors (Lipinski definition) is 2. The summed E-state index contributed by atoms with van der Waals surface area (Å²) in [5.74, 6) is 3.85. The molecule has 156 valence electrons. The Kier molecular flexibility index (Phi) is 12.3. The van der Waals surface area contributed by atoms with Gasteiger partial charge < -0.3 is 19.9 Å². The smallest absolute Gasteiger partial charge is 0.191 e. The van der Waals surface area contributed by atoms with Crippen molar-refractivity contribution in [1.82, 2.24) is 25.4 Å². The van der Waals surface area contributed by atoms with Gasteiger partial charge in [0.25, 0.3) is 0 Å². The van der Waals surface area contributed by atoms with Crippen LogP contribution in [0, 0.1) is 6.92 Å². The first-order valence-electron chi connectivity index (χ1n) is 9.64. The third-order valence-corrected chi connectivity index (χ3v) is 5.98. The van der Waals surface area contributed by atoms with Gasteiger partial charge in [-0.25, -0.2) is 4.99 Å². The number of aliphatic imine (C=N–C) groups is 1. The van der Waals surface area contributed by atoms with Gasteiger partial charge in [0.2, 0.25) is 0 Å². The summed E-state index contributed by atoms with van der Waals surface area (Å²) in [7, 11) is 3.71. The summed E-state index contributed by atoms with van der Waals surface area (Å²) in [6.07, 6.45) is 6.00. The molecule has 0 aliphatic heterocycles. The average Bonchev–Trinajstić information content (AvgIpc) is 2.95. The normalized spacial score (nSPS) is 20.2. The third-order valence-electron chi connectivity index (χ3n) is 4.75. The second-order valence-corrected chi connectivity index (χ2v) is 8.32. The molecular formula is C18H35IN6OS. The monoisotopic (exact) mass is 510 g/mol. The van der Waals surface area contributed by atoms with Crippen molar-refractivity contribution < 1.29 is 4.74 Å². The van der Waals surface area contributed by atoms with Gasteiger partial charge in [-0.2, -0.15) is 11.8 Å². The lowest BCUT2D eigenvalue weighted by molar-refractivity contribution is 0.195. The molecule has 1 fully saturated rings. The fourth-order valence-corrected chi connectivity index (χ4v) is 4.34. The van der Waals surface area contributed by atoms with Crippen molar-refractivity contribution in [2.75, 3.05) is 26.0 Å². The van der Waals surface area contributed by atoms with Gasteiger partial charge in [0.05, 0.1) is 0 Å². The first-order chi connectivity index (χ1) is 12.6. The van der Waals surface area contributed by atoms with Crippen molar-refractivity contribution in [2.24, 2.45) is 12.0 Å². The number of thioether (sulfide) groups is 1. The van der Waals surface area contributed by atoms with Crippen molar-refractivity contribution in [2.45, 2.75) is 63.8 Å². The summed E-state index contributed by atoms with van der Waals surface area (Å²) in [6.45, 7) is 6.32. The number of halogens is 1. The molecule has 1 aromatic rings. The molecule has 0 spiro atoms. The first kappa shape index (κ1) is 24.5. The van der Waals surface area contributed by atoms with Crippen LogP contribution in [0.2, 0.25) is 0 Å². The number of guanidine groups is 1. The van der Waals surface area contributed by atoms with Crippen LogP contribution >= 0.6 is 35.7 Å². The molecule has 2 atom stereocenters. The maximum absolute atomic E-state index is 5.14. The third kappa shape index (κ3) is 8.55. The molecule has 2 N–H and O–H groups in total. The lowest BCUT2D eigenvalue weighted by Crippen LogP contribution is -2.46. The number of nitrogens with zero attached hydrogens (tertiary/aromatic N) is 4. The molecule has 0 aromatic carbocycles. The van der Waals surface area contributed by atoms with Crippen LogP contribution in [-0.4, -0.2) is 58.0 Å². The van der Waals surface area contributed by atoms with Gasteiger partial charge in [-0.3, -0.25) is 0 Å². The Morgan fingerprint density at radius 3 is 2.85 bits per heavy atom. The minimum absolute atomic E-state index is 0. The highest BCUT2D eigenvalue weighted by molar-refractivity contribution is 14.0. The van der Waals surface area contributed by atoms with Crippen LogP contribution in [0.4, 0.5) is 0 Å². The van der Waals surface area contributed by atoms with Gasteiger partial charge in [-0.15, -0.1) is 34.2 Å². The predicted octanol–water partition coefficient (Wildman–Crippen LogP) is 2.88. The minimum Gasteiger partial charge on any atom is -0.385 e. The number of aromatic nitrogens is 3. The summed E-state index contributed by atoms with van der Waals surface area (Å²) >= 11 is 2.08. The van der Waals surface area contributed by atoms with E-state index in [4.69, 9.17) is 9.73 Å². The van der Waals surface area contributed by atoms with Crippen molar-refractivity contribution in [1.29, 1.82) is 0 Å². The van der Waals surface area contributed by atoms with E-state index in [1.807, 2.05) is 18.5 Å². The minimum atomic E-state index is 0. The van der Waals surface area contributed by atoms with Crippen molar-refractivity contribution >= 4 is 41.7 Å². The second-order valence-electron chi connectivity index (χ2n) is 6.75. The quantitative estimate of drug-likeness (QED) is 0.230. The zero-order valence-electron chi connectivity index (χ0n) is 17.0. The van der Waals surface area contributed by atoms with E-state index in [9.17, 15) is 0 Å². The molecule has 7 nitrogen and oxygen atoms in total. The summed E-state index contributed by atoms with van der Waals surface area (Å²) in [5, 5.41) is 16.2. The summed E-state index contributed by atoms with van der Waals surface area (Å²) in [6, 6.07) is 0.489. The molecule has 0 bridgehead atoms. The van der Waals surface area contributed by atoms with E-state index in [2.05, 4.69) is 39.5 Å². The zero-order chi connectivity index (χ0) is 18.8. The van der Waals surface area contributed by atoms with E-state index in [1.165, 1.54) is 31.4 Å². The van der Waals surface area contributed by atoms with Crippen LogP contribution in [0.5, 0.6) is 0 Å². The van der Waals surface area contributed by atoms with E-state index >= 15 is 0 Å². The zero-order valence-corrected chi connectivity index (χ0v) is 20.2. The number of ether oxygens (including phenoxy) is 1. The van der Waals surface area contributed by atoms with Crippen LogP contribution in [0.3, 0.4) is 0 Å². The Morgan fingerprint density at radius 2 is 2.19 bits per heavy atom. The fraction of sp³-hybridized carbons (Fsp3) is 0.833. The predicted molar refractivity (Wildman–Crippen MR) is 124 cm³/mol. The molecule has 1 saturated carbocycles. The van der Waals surface area contributed by atoms with Crippen molar-refractivity contribution in [3.8, 4) is 0 Å². The Hall–Kier alpha value is -0.550. The Balaban J connectivity index is 0.00000364. The summed E-state index contributed by atoms with van der Waals surface area (Å²) in [4.78, 5) is 4.75. The van der Waals surface area contributed by atoms with Gasteiger partial charge in [0.15, 0.2) is 11.8 Å². The Labute approximate surface area is 184 Å². The van der Waals surface area contributed by atoms with Crippen LogP contribution in [0.15, 0.2) is 4.99 Å². The summed E-state index contributed by atoms with van der Waals surface area (Å²) < 4.78 is 7.12. The molecule has 1 aromatic heterocycles. The van der Waals surface area contributed by atoms with Gasteiger partial charge in [-0.05, 0) is 38.4 Å². The first-order valence-corrected chi connectivity index (χ1v) is 10.7. The van der Waals surface area contributed by atoms with E-state index < -0.39 is 0 Å². The molecule has 9 heteroatoms. The number of rotatable bonds is 9. The number of aryl methyl sites for hydroxylation is 1. The highest BCUT2D eigenvalue weighted by Gasteiger charge is 2.22. The van der Waals surface area contributed by atoms with Crippen LogP contribution < -0.4 is 10.6 Å². The van der Waals surface area contributed by atoms with Gasteiger partial charge >= 0.3 is 0 Å². The molecule has 0 amide bonds. The molecule has 0 saturated heterocycles. The second kappa shape index (κ2) is 13.6. The lowest BCUT2D eigenvalue weighted by Gasteiger charge is -2.30. The standard InChI is InChI=1S/C18H34N6OS.HI/c1-5-26-16-9-6-8-15(12-16)21-18(19-10-7-11-25-4)20-13-17-23-22-14(2)24(17)3;/h15-16H,5-13H2,1-4H3,(H2,19,20,21);1H.